The number of methoxy groups -OCH3 is 1. The highest BCUT2D eigenvalue weighted by Crippen LogP contribution is 2.38. The number of ether oxygens (including phenoxy) is 1. The number of anilines is 1. The van der Waals surface area contributed by atoms with Crippen molar-refractivity contribution >= 4 is 24.0 Å². The molecule has 0 amide bonds. The number of hydrogen-bond donors (Lipinski definition) is 1. The van der Waals surface area contributed by atoms with Crippen LogP contribution in [-0.4, -0.2) is 40.6 Å². The molecule has 2 aromatic carbocycles. The number of halogens is 3. The Morgan fingerprint density at radius 2 is 1.80 bits per heavy atom. The maximum atomic E-state index is 14.7. The van der Waals surface area contributed by atoms with Crippen LogP contribution in [0.1, 0.15) is 18.4 Å². The van der Waals surface area contributed by atoms with Gasteiger partial charge in [-0.25, -0.2) is 18.7 Å². The second-order valence-electron chi connectivity index (χ2n) is 8.24. The molecule has 4 aromatic rings. The summed E-state index contributed by atoms with van der Waals surface area (Å²) in [5.41, 5.74) is 8.56. The van der Waals surface area contributed by atoms with Crippen molar-refractivity contribution in [2.75, 3.05) is 25.1 Å². The van der Waals surface area contributed by atoms with Gasteiger partial charge in [0.15, 0.2) is 11.6 Å². The molecule has 180 valence electrons. The van der Waals surface area contributed by atoms with Crippen molar-refractivity contribution in [3.8, 4) is 34.2 Å². The van der Waals surface area contributed by atoms with E-state index in [0.717, 1.165) is 25.9 Å². The smallest absolute Gasteiger partial charge is 0.211 e. The van der Waals surface area contributed by atoms with Gasteiger partial charge in [0.25, 0.3) is 0 Å². The lowest BCUT2D eigenvalue weighted by molar-refractivity contribution is 0.386. The normalized spacial score (nSPS) is 14.0. The number of fused-ring (bicyclic) bond motifs is 1. The van der Waals surface area contributed by atoms with E-state index in [1.54, 1.807) is 24.5 Å². The van der Waals surface area contributed by atoms with Gasteiger partial charge in [-0.15, -0.1) is 12.4 Å². The SMILES string of the molecule is COc1ccc(-c2c(-c3ccc(C#N)c(F)c3)nc(N3CCC(N)CC3)n3ccnc23)cc1F.Cl. The topological polar surface area (TPSA) is 92.5 Å². The minimum Gasteiger partial charge on any atom is -0.494 e. The fourth-order valence-electron chi connectivity index (χ4n) is 4.34. The Labute approximate surface area is 207 Å². The summed E-state index contributed by atoms with van der Waals surface area (Å²) in [5.74, 6) is -0.418. The maximum absolute atomic E-state index is 14.7. The molecule has 0 unspecified atom stereocenters. The molecule has 0 aliphatic carbocycles. The molecule has 2 N–H and O–H groups in total. The van der Waals surface area contributed by atoms with E-state index in [4.69, 9.17) is 20.7 Å². The molecule has 1 aliphatic rings. The first-order valence-electron chi connectivity index (χ1n) is 10.9. The maximum Gasteiger partial charge on any atom is 0.211 e. The van der Waals surface area contributed by atoms with E-state index < -0.39 is 11.6 Å². The number of nitrogens with two attached hydrogens (primary N) is 1. The molecule has 35 heavy (non-hydrogen) atoms. The van der Waals surface area contributed by atoms with Gasteiger partial charge in [-0.05, 0) is 42.7 Å². The zero-order valence-electron chi connectivity index (χ0n) is 18.9. The molecule has 3 heterocycles. The van der Waals surface area contributed by atoms with Crippen molar-refractivity contribution in [2.45, 2.75) is 18.9 Å². The van der Waals surface area contributed by atoms with Gasteiger partial charge in [0.2, 0.25) is 5.95 Å². The van der Waals surface area contributed by atoms with Crippen LogP contribution in [0.3, 0.4) is 0 Å². The van der Waals surface area contributed by atoms with Crippen LogP contribution in [0.15, 0.2) is 48.8 Å². The molecule has 0 saturated carbocycles. The Morgan fingerprint density at radius 1 is 1.09 bits per heavy atom. The monoisotopic (exact) mass is 496 g/mol. The van der Waals surface area contributed by atoms with E-state index in [1.165, 1.54) is 31.4 Å². The van der Waals surface area contributed by atoms with Crippen LogP contribution in [0.2, 0.25) is 0 Å². The third kappa shape index (κ3) is 4.38. The fourth-order valence-corrected chi connectivity index (χ4v) is 4.34. The molecule has 0 spiro atoms. The first kappa shape index (κ1) is 24.4. The average molecular weight is 497 g/mol. The van der Waals surface area contributed by atoms with Crippen LogP contribution in [0.4, 0.5) is 14.7 Å². The average Bonchev–Trinajstić information content (AvgIpc) is 3.33. The number of benzene rings is 2. The van der Waals surface area contributed by atoms with Gasteiger partial charge >= 0.3 is 0 Å². The molecule has 0 radical (unpaired) electrons. The molecular weight excluding hydrogens is 474 g/mol. The predicted molar refractivity (Wildman–Crippen MR) is 132 cm³/mol. The van der Waals surface area contributed by atoms with Crippen LogP contribution >= 0.6 is 12.4 Å². The second kappa shape index (κ2) is 9.86. The van der Waals surface area contributed by atoms with E-state index in [9.17, 15) is 8.78 Å². The first-order chi connectivity index (χ1) is 16.5. The van der Waals surface area contributed by atoms with Crippen LogP contribution in [-0.2, 0) is 0 Å². The number of imidazole rings is 1. The third-order valence-corrected chi connectivity index (χ3v) is 6.15. The van der Waals surface area contributed by atoms with Gasteiger partial charge in [-0.3, -0.25) is 4.40 Å². The van der Waals surface area contributed by atoms with E-state index in [1.807, 2.05) is 10.5 Å². The lowest BCUT2D eigenvalue weighted by Crippen LogP contribution is -2.40. The number of nitrogens with zero attached hydrogens (tertiary/aromatic N) is 5. The van der Waals surface area contributed by atoms with Crippen LogP contribution in [0.25, 0.3) is 28.0 Å². The molecule has 1 aliphatic heterocycles. The molecule has 1 fully saturated rings. The van der Waals surface area contributed by atoms with E-state index >= 15 is 0 Å². The van der Waals surface area contributed by atoms with Gasteiger partial charge < -0.3 is 15.4 Å². The molecule has 0 bridgehead atoms. The standard InChI is InChI=1S/C25H22F2N6O.ClH/c1-34-21-5-4-15(12-20(21)27)22-23(16-2-3-17(14-28)19(26)13-16)31-25(33-11-8-30-24(22)33)32-9-6-18(29)7-10-32;/h2-5,8,11-13,18H,6-7,9-10,29H2,1H3;1H. The van der Waals surface area contributed by atoms with Crippen molar-refractivity contribution in [3.05, 3.63) is 66.0 Å². The quantitative estimate of drug-likeness (QED) is 0.445. The third-order valence-electron chi connectivity index (χ3n) is 6.15. The number of rotatable bonds is 4. The number of hydrogen-bond acceptors (Lipinski definition) is 6. The highest BCUT2D eigenvalue weighted by atomic mass is 35.5. The second-order valence-corrected chi connectivity index (χ2v) is 8.24. The number of piperidine rings is 1. The fraction of sp³-hybridized carbons (Fsp3) is 0.240. The van der Waals surface area contributed by atoms with Gasteiger partial charge in [-0.1, -0.05) is 12.1 Å². The van der Waals surface area contributed by atoms with Gasteiger partial charge in [-0.2, -0.15) is 5.26 Å². The van der Waals surface area contributed by atoms with Crippen molar-refractivity contribution in [1.82, 2.24) is 14.4 Å². The van der Waals surface area contributed by atoms with Gasteiger partial charge in [0.1, 0.15) is 17.5 Å². The Bertz CT molecular complexity index is 1430. The molecule has 10 heteroatoms. The summed E-state index contributed by atoms with van der Waals surface area (Å²) in [5, 5.41) is 9.15. The van der Waals surface area contributed by atoms with Gasteiger partial charge in [0, 0.05) is 37.1 Å². The molecule has 1 saturated heterocycles. The summed E-state index contributed by atoms with van der Waals surface area (Å²) in [6.45, 7) is 1.44. The van der Waals surface area contributed by atoms with Crippen molar-refractivity contribution in [1.29, 1.82) is 5.26 Å². The number of aromatic nitrogens is 3. The Morgan fingerprint density at radius 3 is 2.46 bits per heavy atom. The molecular formula is C25H23ClF2N6O. The minimum absolute atomic E-state index is 0. The van der Waals surface area contributed by atoms with Crippen LogP contribution in [0, 0.1) is 23.0 Å². The van der Waals surface area contributed by atoms with E-state index in [-0.39, 0.29) is 29.8 Å². The van der Waals surface area contributed by atoms with Crippen LogP contribution in [0.5, 0.6) is 5.75 Å². The number of nitriles is 1. The Hall–Kier alpha value is -3.74. The zero-order chi connectivity index (χ0) is 23.8. The summed E-state index contributed by atoms with van der Waals surface area (Å²) < 4.78 is 36.2. The van der Waals surface area contributed by atoms with Crippen molar-refractivity contribution in [2.24, 2.45) is 5.73 Å². The summed E-state index contributed by atoms with van der Waals surface area (Å²) in [7, 11) is 1.40. The highest BCUT2D eigenvalue weighted by molar-refractivity contribution is 5.91. The Kier molecular flexibility index (Phi) is 6.87. The van der Waals surface area contributed by atoms with Crippen molar-refractivity contribution < 1.29 is 13.5 Å². The Balaban J connectivity index is 0.00000289. The zero-order valence-corrected chi connectivity index (χ0v) is 19.7. The molecule has 5 rings (SSSR count). The van der Waals surface area contributed by atoms with Crippen LogP contribution < -0.4 is 15.4 Å². The highest BCUT2D eigenvalue weighted by Gasteiger charge is 2.25. The van der Waals surface area contributed by atoms with Crippen molar-refractivity contribution in [3.63, 3.8) is 0 Å². The summed E-state index contributed by atoms with van der Waals surface area (Å²) >= 11 is 0. The molecule has 7 nitrogen and oxygen atoms in total. The molecule has 2 aromatic heterocycles. The first-order valence-corrected chi connectivity index (χ1v) is 10.9. The summed E-state index contributed by atoms with van der Waals surface area (Å²) in [4.78, 5) is 11.6. The largest absolute Gasteiger partial charge is 0.494 e. The summed E-state index contributed by atoms with van der Waals surface area (Å²) in [6.07, 6.45) is 5.11. The van der Waals surface area contributed by atoms with E-state index in [0.29, 0.717) is 34.0 Å². The lowest BCUT2D eigenvalue weighted by Gasteiger charge is -2.32. The minimum atomic E-state index is -0.651. The summed E-state index contributed by atoms with van der Waals surface area (Å²) in [6, 6.07) is 10.9. The van der Waals surface area contributed by atoms with E-state index in [2.05, 4.69) is 9.88 Å². The molecule has 0 atom stereocenters. The lowest BCUT2D eigenvalue weighted by atomic mass is 9.98. The van der Waals surface area contributed by atoms with Gasteiger partial charge in [0.05, 0.1) is 23.9 Å². The predicted octanol–water partition coefficient (Wildman–Crippen LogP) is 4.57.